The Morgan fingerprint density at radius 1 is 0.561 bits per heavy atom. The van der Waals surface area contributed by atoms with E-state index in [9.17, 15) is 44.6 Å². The molecule has 510 valence electrons. The third-order valence-electron chi connectivity index (χ3n) is 17.7. The number of nitrogens with zero attached hydrogens (tertiary/aromatic N) is 14. The fraction of sp³-hybridized carbons (Fsp3) is 0.379. The first-order chi connectivity index (χ1) is 47.0. The molecule has 9 aromatic heterocycles. The molecule has 22 nitrogen and oxygen atoms in total. The SMILES string of the molecule is C[C@H]1CC[C@H](Nc2ncc(C(F)(F)F)c(C3=CCc4nc(-c5cnnn5C)ccc43)n2)CN1.Cc1nocc1-c1ccc2c(n1)CC=C2c1nc(N[C@@H]2CNC[C@H](O)C2)ncc1C(F)(F)F.Cc1nscc1-c1ccc2c(n1)CC=C2c1nc(N[C@H]2CCCNC2)ncc1C(F)(F)F. The van der Waals surface area contributed by atoms with Gasteiger partial charge in [-0.1, -0.05) is 46.8 Å². The highest BCUT2D eigenvalue weighted by Gasteiger charge is 2.41. The van der Waals surface area contributed by atoms with Crippen LogP contribution in [-0.2, 0) is 44.8 Å². The maximum absolute atomic E-state index is 13.8. The first-order valence-corrected chi connectivity index (χ1v) is 32.6. The van der Waals surface area contributed by atoms with Crippen molar-refractivity contribution >= 4 is 46.1 Å². The molecule has 6 aliphatic rings. The van der Waals surface area contributed by atoms with Crippen LogP contribution in [0.15, 0.2) is 95.6 Å². The van der Waals surface area contributed by atoms with Crippen LogP contribution >= 0.6 is 11.5 Å². The molecule has 0 unspecified atom stereocenters. The number of β-amino-alcohol motifs (C(OH)–C–C–N with tert-alkyl or cyclic N) is 1. The van der Waals surface area contributed by atoms with E-state index in [0.29, 0.717) is 113 Å². The number of aliphatic hydroxyl groups excluding tert-OH is 1. The van der Waals surface area contributed by atoms with E-state index in [1.807, 2.05) is 24.4 Å². The first-order valence-electron chi connectivity index (χ1n) is 31.7. The Balaban J connectivity index is 0.000000132. The van der Waals surface area contributed by atoms with Crippen LogP contribution in [0.1, 0.15) is 118 Å². The van der Waals surface area contributed by atoms with E-state index in [1.165, 1.54) is 17.8 Å². The van der Waals surface area contributed by atoms with Gasteiger partial charge in [0.25, 0.3) is 0 Å². The molecule has 3 saturated heterocycles. The molecule has 7 N–H and O–H groups in total. The molecule has 0 saturated carbocycles. The molecule has 9 aromatic rings. The lowest BCUT2D eigenvalue weighted by atomic mass is 10.0. The highest BCUT2D eigenvalue weighted by molar-refractivity contribution is 7.04. The summed E-state index contributed by atoms with van der Waals surface area (Å²) in [6.07, 6.45) is 2.05. The van der Waals surface area contributed by atoms with Crippen molar-refractivity contribution in [1.29, 1.82) is 0 Å². The number of hydrogen-bond acceptors (Lipinski definition) is 22. The van der Waals surface area contributed by atoms with Gasteiger partial charge in [-0.2, -0.15) is 43.9 Å². The Bertz CT molecular complexity index is 4510. The molecular weight excluding hydrogens is 1310 g/mol. The number of pyridine rings is 3. The summed E-state index contributed by atoms with van der Waals surface area (Å²) in [7, 11) is 1.76. The van der Waals surface area contributed by atoms with Crippen molar-refractivity contribution < 1.29 is 49.1 Å². The lowest BCUT2D eigenvalue weighted by Crippen LogP contribution is -2.46. The number of piperidine rings is 3. The van der Waals surface area contributed by atoms with Gasteiger partial charge >= 0.3 is 18.5 Å². The molecule has 32 heteroatoms. The summed E-state index contributed by atoms with van der Waals surface area (Å²) >= 11 is 1.36. The van der Waals surface area contributed by atoms with Crippen molar-refractivity contribution in [2.24, 2.45) is 7.05 Å². The zero-order valence-electron chi connectivity index (χ0n) is 53.2. The van der Waals surface area contributed by atoms with E-state index in [2.05, 4.69) is 98.5 Å². The van der Waals surface area contributed by atoms with Crippen LogP contribution < -0.4 is 31.9 Å². The Kier molecular flexibility index (Phi) is 19.0. The van der Waals surface area contributed by atoms with Crippen LogP contribution in [-0.4, -0.2) is 137 Å². The van der Waals surface area contributed by atoms with Gasteiger partial charge in [-0.05, 0) is 89.2 Å². The van der Waals surface area contributed by atoms with Gasteiger partial charge in [0, 0.05) is 140 Å². The molecular formula is C66H65F9N20O2S. The summed E-state index contributed by atoms with van der Waals surface area (Å²) in [6, 6.07) is 11.1. The minimum Gasteiger partial charge on any atom is -0.392 e. The molecule has 3 fully saturated rings. The van der Waals surface area contributed by atoms with Crippen molar-refractivity contribution in [1.82, 2.24) is 85.3 Å². The van der Waals surface area contributed by atoms with E-state index in [-0.39, 0.29) is 53.1 Å². The second-order valence-corrected chi connectivity index (χ2v) is 25.2. The van der Waals surface area contributed by atoms with Gasteiger partial charge in [0.1, 0.15) is 28.6 Å². The topological polar surface area (TPSA) is 278 Å². The fourth-order valence-electron chi connectivity index (χ4n) is 12.6. The van der Waals surface area contributed by atoms with Crippen molar-refractivity contribution in [2.75, 3.05) is 48.7 Å². The summed E-state index contributed by atoms with van der Waals surface area (Å²) in [4.78, 5) is 38.7. The standard InChI is InChI=1S/C22H23F3N8.C22H21F3N6O2.C22H21F3N6S/c1-12-3-4-13(9-26-12)29-21-27-10-16(22(23,24)25)20(31-21)15-6-7-17-14(15)5-8-18(30-17)19-11-28-32-33(19)2;1-11-16(10-33-31-11)19-4-2-14-15(3-5-18(14)29-19)20-17(22(23,24)25)9-27-21(30-20)28-12-6-13(32)8-26-7-12;1-12-16(11-32-31-12)19-6-4-14-15(5-7-18(14)29-19)20-17(22(23,24)25)10-27-21(30-20)28-13-3-2-8-26-9-13/h5-6,8,10-13,26H,3-4,7,9H2,1-2H3,(H,27,29,31);2-4,9-10,12-13,26,32H,5-8H2,1H3,(H,27,28,30);4-6,10-11,13,26H,2-3,7-9H2,1H3,(H,27,28,30)/t12-,13-;12-,13+;13-/m000/s1. The fourth-order valence-corrected chi connectivity index (χ4v) is 13.3. The normalized spacial score (nSPS) is 19.8. The number of hydrogen-bond donors (Lipinski definition) is 7. The molecule has 0 amide bonds. The average molecular weight is 1370 g/mol. The van der Waals surface area contributed by atoms with Crippen LogP contribution in [0.4, 0.5) is 57.4 Å². The molecule has 12 heterocycles. The number of anilines is 3. The smallest absolute Gasteiger partial charge is 0.392 e. The minimum absolute atomic E-state index is 0.0624. The molecule has 15 rings (SSSR count). The lowest BCUT2D eigenvalue weighted by Gasteiger charge is -2.28. The summed E-state index contributed by atoms with van der Waals surface area (Å²) in [5.41, 5.74) is 8.22. The van der Waals surface area contributed by atoms with Gasteiger partial charge in [0.05, 0.1) is 80.5 Å². The molecule has 0 spiro atoms. The van der Waals surface area contributed by atoms with Gasteiger partial charge in [-0.3, -0.25) is 15.0 Å². The molecule has 0 aromatic carbocycles. The first kappa shape index (κ1) is 67.1. The summed E-state index contributed by atoms with van der Waals surface area (Å²) in [6.45, 7) is 9.23. The number of fused-ring (bicyclic) bond motifs is 3. The predicted octanol–water partition coefficient (Wildman–Crippen LogP) is 10.7. The van der Waals surface area contributed by atoms with Gasteiger partial charge in [-0.15, -0.1) is 5.10 Å². The van der Waals surface area contributed by atoms with Crippen molar-refractivity contribution in [3.63, 3.8) is 0 Å². The van der Waals surface area contributed by atoms with E-state index in [4.69, 9.17) is 9.51 Å². The number of aromatic nitrogens is 14. The van der Waals surface area contributed by atoms with E-state index in [0.717, 1.165) is 91.3 Å². The van der Waals surface area contributed by atoms with Crippen LogP contribution in [0.5, 0.6) is 0 Å². The second-order valence-electron chi connectivity index (χ2n) is 24.6. The molecule has 5 atom stereocenters. The number of aryl methyl sites for hydroxylation is 3. The minimum atomic E-state index is -4.62. The number of halogens is 9. The number of alkyl halides is 9. The van der Waals surface area contributed by atoms with E-state index >= 15 is 0 Å². The Hall–Kier alpha value is -9.50. The van der Waals surface area contributed by atoms with Gasteiger partial charge < -0.3 is 41.5 Å². The quantitative estimate of drug-likeness (QED) is 0.0560. The van der Waals surface area contributed by atoms with Crippen LogP contribution in [0, 0.1) is 13.8 Å². The predicted molar refractivity (Wildman–Crippen MR) is 347 cm³/mol. The van der Waals surface area contributed by atoms with Crippen molar-refractivity contribution in [3.8, 4) is 33.9 Å². The number of allylic oxidation sites excluding steroid dienone is 3. The zero-order chi connectivity index (χ0) is 68.6. The van der Waals surface area contributed by atoms with Gasteiger partial charge in [0.15, 0.2) is 0 Å². The van der Waals surface area contributed by atoms with Gasteiger partial charge in [-0.25, -0.2) is 34.6 Å². The lowest BCUT2D eigenvalue weighted by molar-refractivity contribution is -0.139. The molecule has 3 aliphatic carbocycles. The second kappa shape index (κ2) is 27.8. The maximum atomic E-state index is 13.8. The van der Waals surface area contributed by atoms with Crippen molar-refractivity contribution in [2.45, 2.75) is 121 Å². The van der Waals surface area contributed by atoms with Gasteiger partial charge in [0.2, 0.25) is 17.8 Å². The summed E-state index contributed by atoms with van der Waals surface area (Å²) in [5, 5.41) is 42.5. The molecule has 98 heavy (non-hydrogen) atoms. The molecule has 3 aliphatic heterocycles. The highest BCUT2D eigenvalue weighted by Crippen LogP contribution is 2.44. The monoisotopic (exact) mass is 1370 g/mol. The third-order valence-corrected chi connectivity index (χ3v) is 18.4. The summed E-state index contributed by atoms with van der Waals surface area (Å²) < 4.78 is 135. The maximum Gasteiger partial charge on any atom is 0.419 e. The third kappa shape index (κ3) is 14.7. The molecule has 0 radical (unpaired) electrons. The van der Waals surface area contributed by atoms with Crippen molar-refractivity contribution in [3.05, 3.63) is 170 Å². The summed E-state index contributed by atoms with van der Waals surface area (Å²) in [5.74, 6) is 0.484. The number of nitrogens with one attached hydrogen (secondary N) is 6. The number of aliphatic hydroxyl groups is 1. The molecule has 0 bridgehead atoms. The number of rotatable bonds is 12. The zero-order valence-corrected chi connectivity index (χ0v) is 54.0. The van der Waals surface area contributed by atoms with Crippen LogP contribution in [0.3, 0.4) is 0 Å². The largest absolute Gasteiger partial charge is 0.419 e. The highest BCUT2D eigenvalue weighted by atomic mass is 32.1. The van der Waals surface area contributed by atoms with Crippen LogP contribution in [0.2, 0.25) is 0 Å². The van der Waals surface area contributed by atoms with E-state index < -0.39 is 41.3 Å². The van der Waals surface area contributed by atoms with Crippen LogP contribution in [0.25, 0.3) is 50.6 Å². The Labute approximate surface area is 558 Å². The average Bonchev–Trinajstić information content (AvgIpc) is 1.58. The Morgan fingerprint density at radius 2 is 1.06 bits per heavy atom. The Morgan fingerprint density at radius 3 is 1.50 bits per heavy atom. The van der Waals surface area contributed by atoms with E-state index in [1.54, 1.807) is 67.3 Å².